The molecule has 0 spiro atoms. The zero-order valence-corrected chi connectivity index (χ0v) is 13.8. The van der Waals surface area contributed by atoms with Crippen LogP contribution in [0.1, 0.15) is 5.56 Å². The Kier molecular flexibility index (Phi) is 7.42. The summed E-state index contributed by atoms with van der Waals surface area (Å²) in [4.78, 5) is 8.04. The van der Waals surface area contributed by atoms with Crippen molar-refractivity contribution in [2.24, 2.45) is 4.99 Å². The van der Waals surface area contributed by atoms with Crippen molar-refractivity contribution >= 4 is 5.96 Å². The SMILES string of the molecule is CN=C(NCCOc1cccnc1)NCc1ccccc1OC(F)F. The molecule has 0 fully saturated rings. The summed E-state index contributed by atoms with van der Waals surface area (Å²) in [7, 11) is 1.62. The summed E-state index contributed by atoms with van der Waals surface area (Å²) in [5.74, 6) is 1.35. The van der Waals surface area contributed by atoms with Crippen molar-refractivity contribution in [3.05, 3.63) is 54.4 Å². The maximum Gasteiger partial charge on any atom is 0.387 e. The first-order valence-electron chi connectivity index (χ1n) is 7.69. The Morgan fingerprint density at radius 1 is 1.20 bits per heavy atom. The van der Waals surface area contributed by atoms with Gasteiger partial charge in [-0.1, -0.05) is 18.2 Å². The molecular weight excluding hydrogens is 330 g/mol. The number of ether oxygens (including phenoxy) is 2. The van der Waals surface area contributed by atoms with Crippen LogP contribution in [0.4, 0.5) is 8.78 Å². The Morgan fingerprint density at radius 2 is 2.04 bits per heavy atom. The van der Waals surface area contributed by atoms with E-state index in [1.54, 1.807) is 43.7 Å². The quantitative estimate of drug-likeness (QED) is 0.435. The minimum Gasteiger partial charge on any atom is -0.490 e. The smallest absolute Gasteiger partial charge is 0.387 e. The van der Waals surface area contributed by atoms with Crippen LogP contribution in [0.3, 0.4) is 0 Å². The van der Waals surface area contributed by atoms with Gasteiger partial charge in [0.15, 0.2) is 5.96 Å². The van der Waals surface area contributed by atoms with Gasteiger partial charge in [0.05, 0.1) is 12.7 Å². The van der Waals surface area contributed by atoms with Crippen LogP contribution < -0.4 is 20.1 Å². The Hall–Kier alpha value is -2.90. The van der Waals surface area contributed by atoms with Gasteiger partial charge in [-0.25, -0.2) is 0 Å². The normalized spacial score (nSPS) is 11.3. The first kappa shape index (κ1) is 18.4. The van der Waals surface area contributed by atoms with Gasteiger partial charge < -0.3 is 20.1 Å². The molecule has 2 aromatic rings. The average Bonchev–Trinajstić information content (AvgIpc) is 2.62. The highest BCUT2D eigenvalue weighted by Crippen LogP contribution is 2.19. The molecule has 6 nitrogen and oxygen atoms in total. The minimum absolute atomic E-state index is 0.139. The number of nitrogens with zero attached hydrogens (tertiary/aromatic N) is 2. The standard InChI is InChI=1S/C17H20F2N4O2/c1-20-17(22-9-10-24-14-6-4-8-21-12-14)23-11-13-5-2-3-7-15(13)25-16(18)19/h2-8,12,16H,9-11H2,1H3,(H2,20,22,23). The lowest BCUT2D eigenvalue weighted by Crippen LogP contribution is -2.39. The van der Waals surface area contributed by atoms with E-state index < -0.39 is 6.61 Å². The van der Waals surface area contributed by atoms with Crippen molar-refractivity contribution in [1.29, 1.82) is 0 Å². The van der Waals surface area contributed by atoms with Crippen molar-refractivity contribution in [3.63, 3.8) is 0 Å². The Labute approximate surface area is 144 Å². The highest BCUT2D eigenvalue weighted by Gasteiger charge is 2.09. The van der Waals surface area contributed by atoms with Crippen molar-refractivity contribution in [2.75, 3.05) is 20.2 Å². The lowest BCUT2D eigenvalue weighted by atomic mass is 10.2. The van der Waals surface area contributed by atoms with Crippen LogP contribution >= 0.6 is 0 Å². The fraction of sp³-hybridized carbons (Fsp3) is 0.294. The second-order valence-electron chi connectivity index (χ2n) is 4.88. The molecule has 0 bridgehead atoms. The maximum absolute atomic E-state index is 12.4. The molecule has 1 heterocycles. The van der Waals surface area contributed by atoms with Crippen LogP contribution in [0.5, 0.6) is 11.5 Å². The first-order chi connectivity index (χ1) is 12.2. The molecule has 0 saturated heterocycles. The Bertz CT molecular complexity index is 669. The van der Waals surface area contributed by atoms with Crippen LogP contribution in [0, 0.1) is 0 Å². The first-order valence-corrected chi connectivity index (χ1v) is 7.69. The van der Waals surface area contributed by atoms with Gasteiger partial charge in [-0.2, -0.15) is 8.78 Å². The van der Waals surface area contributed by atoms with E-state index >= 15 is 0 Å². The van der Waals surface area contributed by atoms with Gasteiger partial charge in [-0.05, 0) is 18.2 Å². The molecule has 0 aliphatic rings. The third-order valence-corrected chi connectivity index (χ3v) is 3.16. The molecule has 0 aliphatic heterocycles. The molecule has 2 N–H and O–H groups in total. The number of pyridine rings is 1. The molecule has 2 rings (SSSR count). The molecule has 0 unspecified atom stereocenters. The van der Waals surface area contributed by atoms with E-state index in [4.69, 9.17) is 4.74 Å². The number of nitrogens with one attached hydrogen (secondary N) is 2. The van der Waals surface area contributed by atoms with Crippen molar-refractivity contribution in [1.82, 2.24) is 15.6 Å². The molecule has 1 aromatic heterocycles. The zero-order valence-electron chi connectivity index (χ0n) is 13.8. The number of halogens is 2. The predicted octanol–water partition coefficient (Wildman–Crippen LogP) is 2.43. The average molecular weight is 350 g/mol. The molecule has 0 aliphatic carbocycles. The minimum atomic E-state index is -2.86. The van der Waals surface area contributed by atoms with Gasteiger partial charge in [-0.15, -0.1) is 0 Å². The molecule has 1 aromatic carbocycles. The second kappa shape index (κ2) is 10.1. The van der Waals surface area contributed by atoms with Crippen LogP contribution in [0.2, 0.25) is 0 Å². The number of aromatic nitrogens is 1. The summed E-state index contributed by atoms with van der Waals surface area (Å²) in [6.07, 6.45) is 3.31. The maximum atomic E-state index is 12.4. The number of guanidine groups is 1. The molecule has 0 radical (unpaired) electrons. The summed E-state index contributed by atoms with van der Waals surface area (Å²) in [5, 5.41) is 6.12. The number of hydrogen-bond acceptors (Lipinski definition) is 4. The molecule has 25 heavy (non-hydrogen) atoms. The number of para-hydroxylation sites is 1. The molecule has 134 valence electrons. The van der Waals surface area contributed by atoms with Crippen LogP contribution in [-0.2, 0) is 6.54 Å². The third-order valence-electron chi connectivity index (χ3n) is 3.16. The van der Waals surface area contributed by atoms with E-state index in [9.17, 15) is 8.78 Å². The molecule has 8 heteroatoms. The van der Waals surface area contributed by atoms with E-state index in [1.807, 2.05) is 6.07 Å². The Morgan fingerprint density at radius 3 is 2.76 bits per heavy atom. The van der Waals surface area contributed by atoms with Crippen LogP contribution in [0.15, 0.2) is 53.8 Å². The fourth-order valence-electron chi connectivity index (χ4n) is 2.03. The summed E-state index contributed by atoms with van der Waals surface area (Å²) >= 11 is 0. The number of hydrogen-bond donors (Lipinski definition) is 2. The van der Waals surface area contributed by atoms with Crippen molar-refractivity contribution in [2.45, 2.75) is 13.2 Å². The number of rotatable bonds is 8. The molecular formula is C17H20F2N4O2. The van der Waals surface area contributed by atoms with Gasteiger partial charge in [0, 0.05) is 25.4 Å². The van der Waals surface area contributed by atoms with Gasteiger partial charge in [0.2, 0.25) is 0 Å². The summed E-state index contributed by atoms with van der Waals surface area (Å²) in [6.45, 7) is -1.61. The highest BCUT2D eigenvalue weighted by atomic mass is 19.3. The summed E-state index contributed by atoms with van der Waals surface area (Å²) in [5.41, 5.74) is 0.609. The van der Waals surface area contributed by atoms with Gasteiger partial charge in [-0.3, -0.25) is 9.98 Å². The monoisotopic (exact) mass is 350 g/mol. The third kappa shape index (κ3) is 6.62. The predicted molar refractivity (Wildman–Crippen MR) is 91.0 cm³/mol. The lowest BCUT2D eigenvalue weighted by Gasteiger charge is -2.14. The zero-order chi connectivity index (χ0) is 17.9. The largest absolute Gasteiger partial charge is 0.490 e. The van der Waals surface area contributed by atoms with Crippen LogP contribution in [-0.4, -0.2) is 37.8 Å². The fourth-order valence-corrected chi connectivity index (χ4v) is 2.03. The van der Waals surface area contributed by atoms with E-state index in [0.717, 1.165) is 0 Å². The van der Waals surface area contributed by atoms with E-state index in [0.29, 0.717) is 37.0 Å². The van der Waals surface area contributed by atoms with E-state index in [1.165, 1.54) is 6.07 Å². The summed E-state index contributed by atoms with van der Waals surface area (Å²) < 4.78 is 34.8. The van der Waals surface area contributed by atoms with Gasteiger partial charge in [0.25, 0.3) is 0 Å². The van der Waals surface area contributed by atoms with Crippen molar-refractivity contribution in [3.8, 4) is 11.5 Å². The van der Waals surface area contributed by atoms with Crippen molar-refractivity contribution < 1.29 is 18.3 Å². The number of benzene rings is 1. The number of alkyl halides is 2. The second-order valence-corrected chi connectivity index (χ2v) is 4.88. The van der Waals surface area contributed by atoms with E-state index in [-0.39, 0.29) is 5.75 Å². The van der Waals surface area contributed by atoms with Gasteiger partial charge >= 0.3 is 6.61 Å². The number of aliphatic imine (C=N–C) groups is 1. The molecule has 0 saturated carbocycles. The van der Waals surface area contributed by atoms with Crippen LogP contribution in [0.25, 0.3) is 0 Å². The topological polar surface area (TPSA) is 67.8 Å². The Balaban J connectivity index is 1.77. The molecule has 0 amide bonds. The summed E-state index contributed by atoms with van der Waals surface area (Å²) in [6, 6.07) is 10.2. The van der Waals surface area contributed by atoms with Gasteiger partial charge in [0.1, 0.15) is 18.1 Å². The van der Waals surface area contributed by atoms with E-state index in [2.05, 4.69) is 25.3 Å². The highest BCUT2D eigenvalue weighted by molar-refractivity contribution is 5.79. The molecule has 0 atom stereocenters. The lowest BCUT2D eigenvalue weighted by molar-refractivity contribution is -0.0504.